The molecular weight excluding hydrogens is 327 g/mol. The molecule has 0 heterocycles. The normalized spacial score (nSPS) is 15.5. The molecule has 2 amide bonds. The van der Waals surface area contributed by atoms with Gasteiger partial charge in [0, 0.05) is 5.54 Å². The third-order valence-corrected chi connectivity index (χ3v) is 4.31. The molecule has 0 aromatic heterocycles. The van der Waals surface area contributed by atoms with Crippen LogP contribution in [0.4, 0.5) is 4.39 Å². The van der Waals surface area contributed by atoms with Crippen molar-refractivity contribution in [3.63, 3.8) is 0 Å². The first-order valence-electron chi connectivity index (χ1n) is 8.19. The number of amides is 2. The zero-order valence-corrected chi connectivity index (χ0v) is 14.7. The molecule has 0 bridgehead atoms. The van der Waals surface area contributed by atoms with E-state index in [1.165, 1.54) is 19.1 Å². The van der Waals surface area contributed by atoms with E-state index in [4.69, 9.17) is 5.11 Å². The Morgan fingerprint density at radius 3 is 2.40 bits per heavy atom. The number of rotatable bonds is 10. The lowest BCUT2D eigenvalue weighted by atomic mass is 9.89. The first-order chi connectivity index (χ1) is 11.7. The number of hydrogen-bond acceptors (Lipinski definition) is 3. The van der Waals surface area contributed by atoms with E-state index in [2.05, 4.69) is 10.6 Å². The smallest absolute Gasteiger partial charge is 0.306 e. The van der Waals surface area contributed by atoms with Crippen molar-refractivity contribution in [1.82, 2.24) is 10.6 Å². The average Bonchev–Trinajstić information content (AvgIpc) is 2.56. The fourth-order valence-corrected chi connectivity index (χ4v) is 2.48. The minimum atomic E-state index is -1.03. The number of carboxylic acids is 1. The van der Waals surface area contributed by atoms with Crippen LogP contribution in [0.1, 0.15) is 39.2 Å². The maximum Gasteiger partial charge on any atom is 0.306 e. The summed E-state index contributed by atoms with van der Waals surface area (Å²) in [4.78, 5) is 34.3. The van der Waals surface area contributed by atoms with Gasteiger partial charge < -0.3 is 15.7 Å². The van der Waals surface area contributed by atoms with Crippen molar-refractivity contribution < 1.29 is 23.9 Å². The van der Waals surface area contributed by atoms with E-state index in [1.54, 1.807) is 12.1 Å². The van der Waals surface area contributed by atoms with E-state index in [9.17, 15) is 18.8 Å². The van der Waals surface area contributed by atoms with Gasteiger partial charge in [-0.25, -0.2) is 4.39 Å². The Hall–Kier alpha value is -2.44. The number of carbonyl (C=O) groups is 3. The summed E-state index contributed by atoms with van der Waals surface area (Å²) in [7, 11) is 0. The van der Waals surface area contributed by atoms with E-state index in [0.29, 0.717) is 19.3 Å². The predicted octanol–water partition coefficient (Wildman–Crippen LogP) is 1.88. The second-order valence-electron chi connectivity index (χ2n) is 6.52. The molecule has 0 saturated carbocycles. The number of halogens is 1. The molecule has 0 saturated heterocycles. The molecule has 0 fully saturated rings. The second kappa shape index (κ2) is 9.15. The van der Waals surface area contributed by atoms with E-state index in [-0.39, 0.29) is 12.2 Å². The molecule has 0 aliphatic heterocycles. The largest absolute Gasteiger partial charge is 0.481 e. The first-order valence-corrected chi connectivity index (χ1v) is 8.19. The molecule has 0 aliphatic rings. The van der Waals surface area contributed by atoms with Crippen LogP contribution in [0.15, 0.2) is 24.3 Å². The van der Waals surface area contributed by atoms with Gasteiger partial charge in [-0.1, -0.05) is 26.0 Å². The van der Waals surface area contributed by atoms with Crippen LogP contribution >= 0.6 is 0 Å². The van der Waals surface area contributed by atoms with E-state index >= 15 is 0 Å². The van der Waals surface area contributed by atoms with Crippen LogP contribution in [-0.4, -0.2) is 35.0 Å². The van der Waals surface area contributed by atoms with Gasteiger partial charge in [-0.2, -0.15) is 0 Å². The molecule has 3 atom stereocenters. The lowest BCUT2D eigenvalue weighted by Gasteiger charge is -2.32. The highest BCUT2D eigenvalue weighted by molar-refractivity contribution is 5.85. The lowest BCUT2D eigenvalue weighted by Crippen LogP contribution is -2.54. The van der Waals surface area contributed by atoms with Gasteiger partial charge in [0.15, 0.2) is 0 Å². The van der Waals surface area contributed by atoms with Crippen molar-refractivity contribution in [2.75, 3.05) is 0 Å². The molecule has 2 unspecified atom stereocenters. The van der Waals surface area contributed by atoms with Crippen molar-refractivity contribution in [3.05, 3.63) is 35.6 Å². The van der Waals surface area contributed by atoms with Crippen molar-refractivity contribution >= 4 is 18.3 Å². The highest BCUT2D eigenvalue weighted by atomic mass is 19.1. The predicted molar refractivity (Wildman–Crippen MR) is 91.3 cm³/mol. The summed E-state index contributed by atoms with van der Waals surface area (Å²) in [5.74, 6) is -2.57. The van der Waals surface area contributed by atoms with Crippen molar-refractivity contribution in [3.8, 4) is 0 Å². The monoisotopic (exact) mass is 352 g/mol. The number of aliphatic carboxylic acids is 1. The molecular formula is C18H25FN2O4. The number of carboxylic acid groups (broad SMARTS) is 1. The molecule has 0 radical (unpaired) electrons. The summed E-state index contributed by atoms with van der Waals surface area (Å²) in [6.07, 6.45) is 1.48. The summed E-state index contributed by atoms with van der Waals surface area (Å²) < 4.78 is 13.0. The van der Waals surface area contributed by atoms with Crippen molar-refractivity contribution in [2.45, 2.75) is 51.6 Å². The molecule has 25 heavy (non-hydrogen) atoms. The van der Waals surface area contributed by atoms with Crippen molar-refractivity contribution in [2.24, 2.45) is 5.92 Å². The Labute approximate surface area is 146 Å². The Bertz CT molecular complexity index is 606. The van der Waals surface area contributed by atoms with Gasteiger partial charge in [-0.3, -0.25) is 14.4 Å². The molecule has 0 aliphatic carbocycles. The minimum Gasteiger partial charge on any atom is -0.481 e. The number of nitrogens with one attached hydrogen (secondary N) is 2. The zero-order valence-electron chi connectivity index (χ0n) is 14.7. The lowest BCUT2D eigenvalue weighted by molar-refractivity contribution is -0.142. The van der Waals surface area contributed by atoms with E-state index in [1.807, 2.05) is 13.8 Å². The van der Waals surface area contributed by atoms with Gasteiger partial charge in [0.05, 0.1) is 5.92 Å². The molecule has 6 nitrogen and oxygen atoms in total. The SMILES string of the molecule is CCC(C)(Cc1ccc(F)cc1)NC(=O)[C@H](CC(C)C(=O)O)NC=O. The summed E-state index contributed by atoms with van der Waals surface area (Å²) >= 11 is 0. The van der Waals surface area contributed by atoms with Gasteiger partial charge in [0.25, 0.3) is 0 Å². The van der Waals surface area contributed by atoms with Crippen LogP contribution in [0, 0.1) is 11.7 Å². The highest BCUT2D eigenvalue weighted by Gasteiger charge is 2.30. The number of hydrogen-bond donors (Lipinski definition) is 3. The van der Waals surface area contributed by atoms with Gasteiger partial charge in [-0.05, 0) is 43.9 Å². The highest BCUT2D eigenvalue weighted by Crippen LogP contribution is 2.18. The van der Waals surface area contributed by atoms with Crippen LogP contribution in [-0.2, 0) is 20.8 Å². The summed E-state index contributed by atoms with van der Waals surface area (Å²) in [5.41, 5.74) is 0.259. The minimum absolute atomic E-state index is 0.00372. The Balaban J connectivity index is 2.83. The van der Waals surface area contributed by atoms with Crippen LogP contribution in [0.3, 0.4) is 0 Å². The fraction of sp³-hybridized carbons (Fsp3) is 0.500. The van der Waals surface area contributed by atoms with Gasteiger partial charge >= 0.3 is 5.97 Å². The number of benzene rings is 1. The molecule has 1 aromatic carbocycles. The first kappa shape index (κ1) is 20.6. The third-order valence-electron chi connectivity index (χ3n) is 4.31. The average molecular weight is 352 g/mol. The number of carbonyl (C=O) groups excluding carboxylic acids is 2. The topological polar surface area (TPSA) is 95.5 Å². The molecule has 7 heteroatoms. The van der Waals surface area contributed by atoms with E-state index in [0.717, 1.165) is 5.56 Å². The van der Waals surface area contributed by atoms with Crippen LogP contribution < -0.4 is 10.6 Å². The third kappa shape index (κ3) is 6.52. The molecule has 1 aromatic rings. The molecule has 1 rings (SSSR count). The van der Waals surface area contributed by atoms with Crippen LogP contribution in [0.2, 0.25) is 0 Å². The van der Waals surface area contributed by atoms with Crippen LogP contribution in [0.25, 0.3) is 0 Å². The van der Waals surface area contributed by atoms with Gasteiger partial charge in [0.1, 0.15) is 11.9 Å². The molecule has 138 valence electrons. The van der Waals surface area contributed by atoms with Crippen molar-refractivity contribution in [1.29, 1.82) is 0 Å². The van der Waals surface area contributed by atoms with E-state index < -0.39 is 29.4 Å². The molecule has 0 spiro atoms. The summed E-state index contributed by atoms with van der Waals surface area (Å²) in [6.45, 7) is 5.24. The maximum atomic E-state index is 13.0. The summed E-state index contributed by atoms with van der Waals surface area (Å²) in [6, 6.07) is 5.10. The maximum absolute atomic E-state index is 13.0. The Kier molecular flexibility index (Phi) is 7.54. The molecule has 3 N–H and O–H groups in total. The zero-order chi connectivity index (χ0) is 19.0. The quantitative estimate of drug-likeness (QED) is 0.560. The second-order valence-corrected chi connectivity index (χ2v) is 6.52. The summed E-state index contributed by atoms with van der Waals surface area (Å²) in [5, 5.41) is 14.3. The van der Waals surface area contributed by atoms with Gasteiger partial charge in [-0.15, -0.1) is 0 Å². The Morgan fingerprint density at radius 2 is 1.92 bits per heavy atom. The fourth-order valence-electron chi connectivity index (χ4n) is 2.48. The Morgan fingerprint density at radius 1 is 1.32 bits per heavy atom. The van der Waals surface area contributed by atoms with Crippen LogP contribution in [0.5, 0.6) is 0 Å². The standard InChI is InChI=1S/C18H25FN2O4/c1-4-18(3,10-13-5-7-14(19)8-6-13)21-16(23)15(20-11-22)9-12(2)17(24)25/h5-8,11-12,15H,4,9-10H2,1-3H3,(H,20,22)(H,21,23)(H,24,25)/t12?,15-,18?/m0/s1. The van der Waals surface area contributed by atoms with Gasteiger partial charge in [0.2, 0.25) is 12.3 Å².